The normalized spacial score (nSPS) is 18.4. The molecule has 1 aliphatic rings. The van der Waals surface area contributed by atoms with Gasteiger partial charge in [-0.25, -0.2) is 0 Å². The number of benzene rings is 1. The number of rotatable bonds is 3. The highest BCUT2D eigenvalue weighted by atomic mass is 16.3. The van der Waals surface area contributed by atoms with Gasteiger partial charge < -0.3 is 15.5 Å². The maximum Gasteiger partial charge on any atom is 0.248 e. The molecule has 0 saturated heterocycles. The quantitative estimate of drug-likeness (QED) is 0.900. The molecule has 1 aliphatic carbocycles. The minimum Gasteiger partial charge on any atom is -0.461 e. The number of fused-ring (bicyclic) bond motifs is 3. The first-order valence-electron chi connectivity index (χ1n) is 6.90. The van der Waals surface area contributed by atoms with Gasteiger partial charge in [-0.3, -0.25) is 4.79 Å². The van der Waals surface area contributed by atoms with Crippen LogP contribution >= 0.6 is 0 Å². The molecule has 0 bridgehead atoms. The van der Waals surface area contributed by atoms with Crippen LogP contribution in [-0.4, -0.2) is 11.9 Å². The van der Waals surface area contributed by atoms with Crippen LogP contribution < -0.4 is 11.1 Å². The summed E-state index contributed by atoms with van der Waals surface area (Å²) in [5.41, 5.74) is 7.93. The van der Waals surface area contributed by atoms with Gasteiger partial charge in [0.25, 0.3) is 0 Å². The molecular weight excluding hydrogens is 252 g/mol. The van der Waals surface area contributed by atoms with E-state index < -0.39 is 5.91 Å². The highest BCUT2D eigenvalue weighted by molar-refractivity contribution is 5.97. The first kappa shape index (κ1) is 12.8. The van der Waals surface area contributed by atoms with Crippen molar-refractivity contribution in [3.8, 4) is 0 Å². The standard InChI is InChI=1S/C16H18N2O2/c1-2-7-18-11-4-6-15-13(9-11)12-8-10(16(17)19)3-5-14(12)20-15/h2-3,5,7-8,11,18H,4,6,9H2,1H3,(H2,17,19). The molecule has 1 atom stereocenters. The van der Waals surface area contributed by atoms with Crippen molar-refractivity contribution < 1.29 is 9.21 Å². The van der Waals surface area contributed by atoms with Crippen molar-refractivity contribution in [3.63, 3.8) is 0 Å². The number of furan rings is 1. The third-order valence-corrected chi connectivity index (χ3v) is 3.83. The number of nitrogens with one attached hydrogen (secondary N) is 1. The van der Waals surface area contributed by atoms with Crippen molar-refractivity contribution in [1.82, 2.24) is 5.32 Å². The number of nitrogens with two attached hydrogens (primary N) is 1. The van der Waals surface area contributed by atoms with Gasteiger partial charge in [-0.1, -0.05) is 6.08 Å². The highest BCUT2D eigenvalue weighted by Crippen LogP contribution is 2.32. The number of hydrogen-bond acceptors (Lipinski definition) is 3. The molecule has 2 aromatic rings. The summed E-state index contributed by atoms with van der Waals surface area (Å²) in [6.45, 7) is 1.99. The molecule has 0 fully saturated rings. The Hall–Kier alpha value is -2.23. The maximum absolute atomic E-state index is 11.3. The fourth-order valence-corrected chi connectivity index (χ4v) is 2.81. The number of amides is 1. The average Bonchev–Trinajstić information content (AvgIpc) is 2.82. The van der Waals surface area contributed by atoms with Crippen LogP contribution in [0.15, 0.2) is 34.9 Å². The fourth-order valence-electron chi connectivity index (χ4n) is 2.81. The van der Waals surface area contributed by atoms with Gasteiger partial charge in [-0.2, -0.15) is 0 Å². The van der Waals surface area contributed by atoms with Crippen LogP contribution in [0.2, 0.25) is 0 Å². The lowest BCUT2D eigenvalue weighted by molar-refractivity contribution is 0.100. The predicted molar refractivity (Wildman–Crippen MR) is 78.5 cm³/mol. The van der Waals surface area contributed by atoms with Crippen molar-refractivity contribution in [2.45, 2.75) is 32.2 Å². The molecule has 20 heavy (non-hydrogen) atoms. The lowest BCUT2D eigenvalue weighted by atomic mass is 9.91. The summed E-state index contributed by atoms with van der Waals surface area (Å²) in [6.07, 6.45) is 6.86. The van der Waals surface area contributed by atoms with Gasteiger partial charge in [0.2, 0.25) is 5.91 Å². The summed E-state index contributed by atoms with van der Waals surface area (Å²) >= 11 is 0. The Kier molecular flexibility index (Phi) is 3.22. The van der Waals surface area contributed by atoms with Crippen molar-refractivity contribution >= 4 is 16.9 Å². The second-order valence-electron chi connectivity index (χ2n) is 5.19. The van der Waals surface area contributed by atoms with E-state index in [2.05, 4.69) is 5.32 Å². The van der Waals surface area contributed by atoms with E-state index in [9.17, 15) is 4.79 Å². The molecule has 1 unspecified atom stereocenters. The zero-order chi connectivity index (χ0) is 14.1. The van der Waals surface area contributed by atoms with E-state index in [0.717, 1.165) is 36.0 Å². The molecule has 3 N–H and O–H groups in total. The number of primary amides is 1. The molecule has 4 heteroatoms. The Morgan fingerprint density at radius 2 is 2.35 bits per heavy atom. The fraction of sp³-hybridized carbons (Fsp3) is 0.312. The summed E-state index contributed by atoms with van der Waals surface area (Å²) in [6, 6.07) is 5.81. The number of allylic oxidation sites excluding steroid dienone is 1. The van der Waals surface area contributed by atoms with Gasteiger partial charge in [0.1, 0.15) is 11.3 Å². The van der Waals surface area contributed by atoms with E-state index in [4.69, 9.17) is 10.2 Å². The Morgan fingerprint density at radius 3 is 3.10 bits per heavy atom. The van der Waals surface area contributed by atoms with Gasteiger partial charge in [-0.15, -0.1) is 0 Å². The Bertz CT molecular complexity index is 685. The van der Waals surface area contributed by atoms with E-state index in [-0.39, 0.29) is 0 Å². The van der Waals surface area contributed by atoms with E-state index >= 15 is 0 Å². The number of carbonyl (C=O) groups is 1. The molecule has 4 nitrogen and oxygen atoms in total. The van der Waals surface area contributed by atoms with Gasteiger partial charge >= 0.3 is 0 Å². The van der Waals surface area contributed by atoms with Crippen LogP contribution in [0.25, 0.3) is 11.0 Å². The van der Waals surface area contributed by atoms with Crippen LogP contribution in [-0.2, 0) is 12.8 Å². The lowest BCUT2D eigenvalue weighted by Crippen LogP contribution is -2.30. The molecule has 1 aromatic carbocycles. The largest absolute Gasteiger partial charge is 0.461 e. The first-order valence-corrected chi connectivity index (χ1v) is 6.90. The topological polar surface area (TPSA) is 68.3 Å². The second kappa shape index (κ2) is 5.04. The molecule has 0 spiro atoms. The van der Waals surface area contributed by atoms with Crippen molar-refractivity contribution in [2.75, 3.05) is 0 Å². The summed E-state index contributed by atoms with van der Waals surface area (Å²) in [5.74, 6) is 0.640. The van der Waals surface area contributed by atoms with Crippen molar-refractivity contribution in [1.29, 1.82) is 0 Å². The molecule has 3 rings (SSSR count). The minimum atomic E-state index is -0.402. The van der Waals surface area contributed by atoms with Crippen LogP contribution in [0.4, 0.5) is 0 Å². The number of aryl methyl sites for hydroxylation is 1. The summed E-state index contributed by atoms with van der Waals surface area (Å²) < 4.78 is 5.88. The highest BCUT2D eigenvalue weighted by Gasteiger charge is 2.24. The Balaban J connectivity index is 2.00. The average molecular weight is 270 g/mol. The third-order valence-electron chi connectivity index (χ3n) is 3.83. The molecule has 0 aliphatic heterocycles. The Labute approximate surface area is 117 Å². The summed E-state index contributed by atoms with van der Waals surface area (Å²) in [5, 5.41) is 4.41. The molecule has 1 heterocycles. The molecular formula is C16H18N2O2. The zero-order valence-corrected chi connectivity index (χ0v) is 11.5. The van der Waals surface area contributed by atoms with Gasteiger partial charge in [-0.05, 0) is 44.2 Å². The summed E-state index contributed by atoms with van der Waals surface area (Å²) in [7, 11) is 0. The molecule has 104 valence electrons. The Morgan fingerprint density at radius 1 is 1.50 bits per heavy atom. The van der Waals surface area contributed by atoms with Crippen LogP contribution in [0, 0.1) is 0 Å². The van der Waals surface area contributed by atoms with E-state index in [1.807, 2.05) is 31.3 Å². The minimum absolute atomic E-state index is 0.402. The van der Waals surface area contributed by atoms with Crippen LogP contribution in [0.1, 0.15) is 35.0 Å². The zero-order valence-electron chi connectivity index (χ0n) is 11.5. The van der Waals surface area contributed by atoms with Gasteiger partial charge in [0, 0.05) is 29.0 Å². The molecule has 1 aromatic heterocycles. The second-order valence-corrected chi connectivity index (χ2v) is 5.19. The molecule has 1 amide bonds. The predicted octanol–water partition coefficient (Wildman–Crippen LogP) is 2.51. The monoisotopic (exact) mass is 270 g/mol. The van der Waals surface area contributed by atoms with Gasteiger partial charge in [0.05, 0.1) is 0 Å². The summed E-state index contributed by atoms with van der Waals surface area (Å²) in [4.78, 5) is 11.3. The molecule has 0 saturated carbocycles. The van der Waals surface area contributed by atoms with E-state index in [0.29, 0.717) is 11.6 Å². The van der Waals surface area contributed by atoms with Crippen molar-refractivity contribution in [2.24, 2.45) is 5.73 Å². The lowest BCUT2D eigenvalue weighted by Gasteiger charge is -2.21. The van der Waals surface area contributed by atoms with Crippen LogP contribution in [0.3, 0.4) is 0 Å². The number of carbonyl (C=O) groups excluding carboxylic acids is 1. The first-order chi connectivity index (χ1) is 9.69. The molecule has 0 radical (unpaired) electrons. The van der Waals surface area contributed by atoms with E-state index in [1.165, 1.54) is 5.56 Å². The van der Waals surface area contributed by atoms with Crippen molar-refractivity contribution in [3.05, 3.63) is 47.4 Å². The number of hydrogen-bond donors (Lipinski definition) is 2. The van der Waals surface area contributed by atoms with Gasteiger partial charge in [0.15, 0.2) is 0 Å². The SMILES string of the molecule is CC=CNC1CCc2oc3ccc(C(N)=O)cc3c2C1. The third kappa shape index (κ3) is 2.18. The smallest absolute Gasteiger partial charge is 0.248 e. The maximum atomic E-state index is 11.3. The van der Waals surface area contributed by atoms with E-state index in [1.54, 1.807) is 6.07 Å². The van der Waals surface area contributed by atoms with Crippen LogP contribution in [0.5, 0.6) is 0 Å².